The van der Waals surface area contributed by atoms with Crippen molar-refractivity contribution in [3.63, 3.8) is 0 Å². The van der Waals surface area contributed by atoms with Crippen molar-refractivity contribution in [2.75, 3.05) is 31.5 Å². The Balaban J connectivity index is 1.84. The Morgan fingerprint density at radius 1 is 1.25 bits per heavy atom. The molecular formula is C15H22FN3O. The molecule has 20 heavy (non-hydrogen) atoms. The van der Waals surface area contributed by atoms with E-state index in [1.807, 2.05) is 4.90 Å². The number of urea groups is 1. The molecule has 1 aliphatic heterocycles. The number of piperazine rings is 1. The van der Waals surface area contributed by atoms with E-state index in [1.165, 1.54) is 12.1 Å². The Kier molecular flexibility index (Phi) is 4.95. The van der Waals surface area contributed by atoms with Crippen molar-refractivity contribution in [1.29, 1.82) is 0 Å². The lowest BCUT2D eigenvalue weighted by molar-refractivity contribution is 0.117. The fourth-order valence-corrected chi connectivity index (χ4v) is 2.36. The third-order valence-corrected chi connectivity index (χ3v) is 3.91. The summed E-state index contributed by atoms with van der Waals surface area (Å²) >= 11 is 0. The number of benzene rings is 1. The molecule has 1 fully saturated rings. The minimum absolute atomic E-state index is 0.111. The second-order valence-electron chi connectivity index (χ2n) is 5.22. The van der Waals surface area contributed by atoms with Gasteiger partial charge in [0.2, 0.25) is 0 Å². The van der Waals surface area contributed by atoms with Gasteiger partial charge in [0, 0.05) is 37.9 Å². The average molecular weight is 279 g/mol. The van der Waals surface area contributed by atoms with Crippen molar-refractivity contribution < 1.29 is 9.18 Å². The van der Waals surface area contributed by atoms with E-state index in [-0.39, 0.29) is 11.8 Å². The highest BCUT2D eigenvalue weighted by Crippen LogP contribution is 2.12. The third kappa shape index (κ3) is 3.70. The highest BCUT2D eigenvalue weighted by atomic mass is 19.1. The number of carbonyl (C=O) groups excluding carboxylic acids is 1. The van der Waals surface area contributed by atoms with E-state index in [1.54, 1.807) is 12.1 Å². The summed E-state index contributed by atoms with van der Waals surface area (Å²) in [6.07, 6.45) is 1.13. The van der Waals surface area contributed by atoms with Gasteiger partial charge in [0.05, 0.1) is 0 Å². The predicted molar refractivity (Wildman–Crippen MR) is 78.3 cm³/mol. The zero-order valence-electron chi connectivity index (χ0n) is 12.1. The van der Waals surface area contributed by atoms with Gasteiger partial charge in [-0.25, -0.2) is 9.18 Å². The van der Waals surface area contributed by atoms with Gasteiger partial charge in [-0.2, -0.15) is 0 Å². The largest absolute Gasteiger partial charge is 0.322 e. The number of rotatable bonds is 3. The fourth-order valence-electron chi connectivity index (χ4n) is 2.36. The molecule has 0 bridgehead atoms. The lowest BCUT2D eigenvalue weighted by Crippen LogP contribution is -2.52. The van der Waals surface area contributed by atoms with Crippen LogP contribution in [0.4, 0.5) is 14.9 Å². The predicted octanol–water partition coefficient (Wildman–Crippen LogP) is 2.77. The summed E-state index contributed by atoms with van der Waals surface area (Å²) < 4.78 is 12.8. The molecule has 1 atom stereocenters. The summed E-state index contributed by atoms with van der Waals surface area (Å²) in [7, 11) is 0. The summed E-state index contributed by atoms with van der Waals surface area (Å²) in [5.74, 6) is -0.301. The van der Waals surface area contributed by atoms with E-state index < -0.39 is 0 Å². The highest BCUT2D eigenvalue weighted by Gasteiger charge is 2.23. The quantitative estimate of drug-likeness (QED) is 0.923. The first-order valence-corrected chi connectivity index (χ1v) is 7.15. The Morgan fingerprint density at radius 3 is 2.40 bits per heavy atom. The maximum atomic E-state index is 12.8. The molecule has 1 N–H and O–H groups in total. The maximum Gasteiger partial charge on any atom is 0.321 e. The van der Waals surface area contributed by atoms with Crippen molar-refractivity contribution in [1.82, 2.24) is 9.80 Å². The molecule has 0 aliphatic carbocycles. The lowest BCUT2D eigenvalue weighted by Gasteiger charge is -2.37. The zero-order valence-corrected chi connectivity index (χ0v) is 12.1. The molecule has 1 heterocycles. The molecule has 1 unspecified atom stereocenters. The van der Waals surface area contributed by atoms with Crippen molar-refractivity contribution in [3.05, 3.63) is 30.1 Å². The van der Waals surface area contributed by atoms with Crippen molar-refractivity contribution in [3.8, 4) is 0 Å². The van der Waals surface area contributed by atoms with Crippen LogP contribution in [-0.4, -0.2) is 48.1 Å². The summed E-state index contributed by atoms with van der Waals surface area (Å²) in [5.41, 5.74) is 0.626. The Bertz CT molecular complexity index is 441. The van der Waals surface area contributed by atoms with Crippen LogP contribution in [-0.2, 0) is 0 Å². The molecule has 110 valence electrons. The molecule has 0 saturated carbocycles. The average Bonchev–Trinajstić information content (AvgIpc) is 2.49. The molecule has 0 radical (unpaired) electrons. The number of carbonyl (C=O) groups is 1. The first-order chi connectivity index (χ1) is 9.60. The summed E-state index contributed by atoms with van der Waals surface area (Å²) in [6, 6.07) is 6.29. The van der Waals surface area contributed by atoms with Gasteiger partial charge in [-0.1, -0.05) is 6.92 Å². The molecule has 1 aromatic carbocycles. The number of nitrogens with one attached hydrogen (secondary N) is 1. The number of nitrogens with zero attached hydrogens (tertiary/aromatic N) is 2. The van der Waals surface area contributed by atoms with Crippen LogP contribution in [0.2, 0.25) is 0 Å². The third-order valence-electron chi connectivity index (χ3n) is 3.91. The standard InChI is InChI=1S/C15H22FN3O/c1-3-12(2)18-8-10-19(11-9-18)15(20)17-14-6-4-13(16)5-7-14/h4-7,12H,3,8-11H2,1-2H3,(H,17,20). The van der Waals surface area contributed by atoms with Gasteiger partial charge < -0.3 is 10.2 Å². The molecule has 0 spiro atoms. The van der Waals surface area contributed by atoms with E-state index in [4.69, 9.17) is 0 Å². The van der Waals surface area contributed by atoms with Gasteiger partial charge in [-0.05, 0) is 37.6 Å². The molecule has 1 aliphatic rings. The Morgan fingerprint density at radius 2 is 1.85 bits per heavy atom. The topological polar surface area (TPSA) is 35.6 Å². The monoisotopic (exact) mass is 279 g/mol. The van der Waals surface area contributed by atoms with E-state index in [2.05, 4.69) is 24.1 Å². The van der Waals surface area contributed by atoms with Crippen LogP contribution < -0.4 is 5.32 Å². The van der Waals surface area contributed by atoms with E-state index in [9.17, 15) is 9.18 Å². The first-order valence-electron chi connectivity index (χ1n) is 7.15. The number of anilines is 1. The number of hydrogen-bond donors (Lipinski definition) is 1. The van der Waals surface area contributed by atoms with Gasteiger partial charge >= 0.3 is 6.03 Å². The van der Waals surface area contributed by atoms with Crippen LogP contribution in [0.3, 0.4) is 0 Å². The smallest absolute Gasteiger partial charge is 0.321 e. The minimum Gasteiger partial charge on any atom is -0.322 e. The number of hydrogen-bond acceptors (Lipinski definition) is 2. The fraction of sp³-hybridized carbons (Fsp3) is 0.533. The maximum absolute atomic E-state index is 12.8. The summed E-state index contributed by atoms with van der Waals surface area (Å²) in [6.45, 7) is 7.68. The molecule has 1 saturated heterocycles. The van der Waals surface area contributed by atoms with Crippen molar-refractivity contribution in [2.24, 2.45) is 0 Å². The molecular weight excluding hydrogens is 257 g/mol. The van der Waals surface area contributed by atoms with Gasteiger partial charge in [0.25, 0.3) is 0 Å². The van der Waals surface area contributed by atoms with Crippen LogP contribution in [0, 0.1) is 5.82 Å². The van der Waals surface area contributed by atoms with Gasteiger partial charge in [-0.15, -0.1) is 0 Å². The van der Waals surface area contributed by atoms with Crippen molar-refractivity contribution >= 4 is 11.7 Å². The van der Waals surface area contributed by atoms with Crippen molar-refractivity contribution in [2.45, 2.75) is 26.3 Å². The van der Waals surface area contributed by atoms with E-state index >= 15 is 0 Å². The van der Waals surface area contributed by atoms with Gasteiger partial charge in [-0.3, -0.25) is 4.90 Å². The SMILES string of the molecule is CCC(C)N1CCN(C(=O)Nc2ccc(F)cc2)CC1. The number of amides is 2. The van der Waals surface area contributed by atoms with Gasteiger partial charge in [0.1, 0.15) is 5.82 Å². The van der Waals surface area contributed by atoms with Crippen LogP contribution in [0.1, 0.15) is 20.3 Å². The zero-order chi connectivity index (χ0) is 14.5. The van der Waals surface area contributed by atoms with Crippen LogP contribution in [0.25, 0.3) is 0 Å². The van der Waals surface area contributed by atoms with E-state index in [0.29, 0.717) is 11.7 Å². The lowest BCUT2D eigenvalue weighted by atomic mass is 10.2. The molecule has 0 aromatic heterocycles. The van der Waals surface area contributed by atoms with Crippen LogP contribution in [0.15, 0.2) is 24.3 Å². The Labute approximate surface area is 119 Å². The molecule has 4 nitrogen and oxygen atoms in total. The second-order valence-corrected chi connectivity index (χ2v) is 5.22. The summed E-state index contributed by atoms with van der Waals surface area (Å²) in [5, 5.41) is 2.80. The Hall–Kier alpha value is -1.62. The number of halogens is 1. The molecule has 1 aromatic rings. The van der Waals surface area contributed by atoms with Crippen LogP contribution >= 0.6 is 0 Å². The first kappa shape index (κ1) is 14.8. The molecule has 2 amide bonds. The molecule has 5 heteroatoms. The van der Waals surface area contributed by atoms with Gasteiger partial charge in [0.15, 0.2) is 0 Å². The van der Waals surface area contributed by atoms with E-state index in [0.717, 1.165) is 32.6 Å². The normalized spacial score (nSPS) is 17.9. The highest BCUT2D eigenvalue weighted by molar-refractivity contribution is 5.89. The summed E-state index contributed by atoms with van der Waals surface area (Å²) in [4.78, 5) is 16.3. The molecule has 2 rings (SSSR count). The second kappa shape index (κ2) is 6.70. The van der Waals surface area contributed by atoms with Crippen LogP contribution in [0.5, 0.6) is 0 Å². The minimum atomic E-state index is -0.301.